The minimum atomic E-state index is 0.632. The molecule has 0 spiro atoms. The van der Waals surface area contributed by atoms with Crippen LogP contribution in [0, 0.1) is 5.92 Å². The number of hydrogen-bond donors (Lipinski definition) is 0. The highest BCUT2D eigenvalue weighted by Gasteiger charge is 2.36. The Balaban J connectivity index is 1.78. The van der Waals surface area contributed by atoms with Gasteiger partial charge in [-0.15, -0.1) is 0 Å². The van der Waals surface area contributed by atoms with E-state index in [1.165, 1.54) is 77.0 Å². The summed E-state index contributed by atoms with van der Waals surface area (Å²) in [4.78, 5) is 0. The molecule has 1 saturated heterocycles. The topological polar surface area (TPSA) is 12.5 Å². The predicted molar refractivity (Wildman–Crippen MR) is 84.6 cm³/mol. The van der Waals surface area contributed by atoms with Crippen molar-refractivity contribution in [3.05, 3.63) is 0 Å². The van der Waals surface area contributed by atoms with Crippen molar-refractivity contribution in [3.63, 3.8) is 0 Å². The maximum atomic E-state index is 5.77. The first-order chi connectivity index (χ1) is 9.24. The summed E-state index contributed by atoms with van der Waals surface area (Å²) in [5.74, 6) is 0.864. The van der Waals surface area contributed by atoms with Gasteiger partial charge >= 0.3 is 0 Å². The lowest BCUT2D eigenvalue weighted by Crippen LogP contribution is -1.95. The fraction of sp³-hybridized carbons (Fsp3) is 1.00. The molecule has 0 aromatic rings. The van der Waals surface area contributed by atoms with E-state index in [1.54, 1.807) is 0 Å². The fourth-order valence-corrected chi connectivity index (χ4v) is 2.89. The van der Waals surface area contributed by atoms with Gasteiger partial charge in [0.25, 0.3) is 0 Å². The molecule has 0 aromatic carbocycles. The Bertz CT molecular complexity index is 200. The first-order valence-electron chi connectivity index (χ1n) is 8.89. The van der Waals surface area contributed by atoms with Gasteiger partial charge in [-0.2, -0.15) is 0 Å². The van der Waals surface area contributed by atoms with Crippen molar-refractivity contribution in [2.45, 2.75) is 110 Å². The highest BCUT2D eigenvalue weighted by Crippen LogP contribution is 2.31. The van der Waals surface area contributed by atoms with Crippen LogP contribution >= 0.6 is 0 Å². The molecular weight excluding hydrogens is 232 g/mol. The predicted octanol–water partition coefficient (Wildman–Crippen LogP) is 6.11. The average molecular weight is 268 g/mol. The smallest absolute Gasteiger partial charge is 0.0841 e. The van der Waals surface area contributed by atoms with E-state index in [9.17, 15) is 0 Å². The average Bonchev–Trinajstić information content (AvgIpc) is 3.12. The Morgan fingerprint density at radius 2 is 1.26 bits per heavy atom. The number of epoxide rings is 1. The molecule has 114 valence electrons. The zero-order chi connectivity index (χ0) is 13.9. The van der Waals surface area contributed by atoms with E-state index in [2.05, 4.69) is 20.8 Å². The van der Waals surface area contributed by atoms with Crippen LogP contribution in [0.2, 0.25) is 0 Å². The molecule has 0 amide bonds. The summed E-state index contributed by atoms with van der Waals surface area (Å²) in [6, 6.07) is 0. The second-order valence-electron chi connectivity index (χ2n) is 6.80. The molecule has 0 aliphatic carbocycles. The van der Waals surface area contributed by atoms with Gasteiger partial charge in [-0.3, -0.25) is 0 Å². The van der Waals surface area contributed by atoms with Gasteiger partial charge in [0, 0.05) is 0 Å². The zero-order valence-corrected chi connectivity index (χ0v) is 13.6. The normalized spacial score (nSPS) is 22.1. The Labute approximate surface area is 121 Å². The standard InChI is InChI=1S/C18H36O/c1-4-5-6-7-8-9-10-14-17-18(19-17)15-12-11-13-16(2)3/h16-18H,4-15H2,1-3H3/t17-,18+/m0/s1. The van der Waals surface area contributed by atoms with Crippen LogP contribution in [0.5, 0.6) is 0 Å². The van der Waals surface area contributed by atoms with Gasteiger partial charge in [0.15, 0.2) is 0 Å². The maximum Gasteiger partial charge on any atom is 0.0841 e. The van der Waals surface area contributed by atoms with Crippen LogP contribution in [-0.2, 0) is 4.74 Å². The number of ether oxygens (including phenoxy) is 1. The summed E-state index contributed by atoms with van der Waals surface area (Å²) in [7, 11) is 0. The molecule has 1 nitrogen and oxygen atoms in total. The third-order valence-corrected chi connectivity index (χ3v) is 4.30. The minimum Gasteiger partial charge on any atom is -0.370 e. The fourth-order valence-electron chi connectivity index (χ4n) is 2.89. The van der Waals surface area contributed by atoms with E-state index in [-0.39, 0.29) is 0 Å². The lowest BCUT2D eigenvalue weighted by molar-refractivity contribution is 0.346. The minimum absolute atomic E-state index is 0.632. The van der Waals surface area contributed by atoms with Crippen molar-refractivity contribution in [1.29, 1.82) is 0 Å². The molecule has 1 aliphatic rings. The van der Waals surface area contributed by atoms with E-state index < -0.39 is 0 Å². The van der Waals surface area contributed by atoms with Crippen LogP contribution in [0.1, 0.15) is 97.8 Å². The lowest BCUT2D eigenvalue weighted by Gasteiger charge is -2.02. The van der Waals surface area contributed by atoms with E-state index in [1.807, 2.05) is 0 Å². The van der Waals surface area contributed by atoms with Crippen molar-refractivity contribution in [3.8, 4) is 0 Å². The van der Waals surface area contributed by atoms with Gasteiger partial charge in [-0.25, -0.2) is 0 Å². The summed E-state index contributed by atoms with van der Waals surface area (Å²) in [5.41, 5.74) is 0. The molecule has 1 heteroatoms. The third-order valence-electron chi connectivity index (χ3n) is 4.30. The van der Waals surface area contributed by atoms with Crippen LogP contribution in [0.3, 0.4) is 0 Å². The monoisotopic (exact) mass is 268 g/mol. The molecule has 0 unspecified atom stereocenters. The van der Waals surface area contributed by atoms with E-state index in [4.69, 9.17) is 4.74 Å². The first-order valence-corrected chi connectivity index (χ1v) is 8.89. The van der Waals surface area contributed by atoms with Crippen molar-refractivity contribution in [1.82, 2.24) is 0 Å². The molecule has 1 fully saturated rings. The summed E-state index contributed by atoms with van der Waals surface area (Å²) < 4.78 is 5.77. The van der Waals surface area contributed by atoms with Gasteiger partial charge < -0.3 is 4.74 Å². The molecule has 0 bridgehead atoms. The zero-order valence-electron chi connectivity index (χ0n) is 13.6. The van der Waals surface area contributed by atoms with E-state index in [0.717, 1.165) is 5.92 Å². The van der Waals surface area contributed by atoms with Gasteiger partial charge in [-0.05, 0) is 18.8 Å². The molecule has 1 heterocycles. The van der Waals surface area contributed by atoms with Gasteiger partial charge in [0.05, 0.1) is 12.2 Å². The molecule has 0 radical (unpaired) electrons. The molecular formula is C18H36O. The van der Waals surface area contributed by atoms with Crippen LogP contribution in [0.25, 0.3) is 0 Å². The maximum absolute atomic E-state index is 5.77. The van der Waals surface area contributed by atoms with E-state index in [0.29, 0.717) is 12.2 Å². The Morgan fingerprint density at radius 3 is 1.84 bits per heavy atom. The highest BCUT2D eigenvalue weighted by atomic mass is 16.6. The number of rotatable bonds is 13. The van der Waals surface area contributed by atoms with Crippen molar-refractivity contribution >= 4 is 0 Å². The Morgan fingerprint density at radius 1 is 0.737 bits per heavy atom. The van der Waals surface area contributed by atoms with Crippen molar-refractivity contribution in [2.24, 2.45) is 5.92 Å². The number of hydrogen-bond acceptors (Lipinski definition) is 1. The summed E-state index contributed by atoms with van der Waals surface area (Å²) in [5, 5.41) is 0. The molecule has 0 aromatic heterocycles. The van der Waals surface area contributed by atoms with Gasteiger partial charge in [0.1, 0.15) is 0 Å². The quantitative estimate of drug-likeness (QED) is 0.290. The summed E-state index contributed by atoms with van der Waals surface area (Å²) >= 11 is 0. The molecule has 1 aliphatic heterocycles. The van der Waals surface area contributed by atoms with Crippen LogP contribution in [0.4, 0.5) is 0 Å². The first kappa shape index (κ1) is 17.0. The lowest BCUT2D eigenvalue weighted by atomic mass is 10.0. The Hall–Kier alpha value is -0.0400. The van der Waals surface area contributed by atoms with Crippen LogP contribution in [0.15, 0.2) is 0 Å². The second-order valence-corrected chi connectivity index (χ2v) is 6.80. The number of unbranched alkanes of at least 4 members (excludes halogenated alkanes) is 7. The molecule has 0 saturated carbocycles. The van der Waals surface area contributed by atoms with E-state index >= 15 is 0 Å². The summed E-state index contributed by atoms with van der Waals surface area (Å²) in [6.45, 7) is 6.92. The largest absolute Gasteiger partial charge is 0.370 e. The second kappa shape index (κ2) is 10.7. The third kappa shape index (κ3) is 9.49. The van der Waals surface area contributed by atoms with Gasteiger partial charge in [-0.1, -0.05) is 85.0 Å². The molecule has 0 N–H and O–H groups in total. The van der Waals surface area contributed by atoms with Crippen LogP contribution < -0.4 is 0 Å². The molecule has 19 heavy (non-hydrogen) atoms. The van der Waals surface area contributed by atoms with Crippen molar-refractivity contribution in [2.75, 3.05) is 0 Å². The van der Waals surface area contributed by atoms with Crippen molar-refractivity contribution < 1.29 is 4.74 Å². The van der Waals surface area contributed by atoms with Gasteiger partial charge in [0.2, 0.25) is 0 Å². The SMILES string of the molecule is CCCCCCCCC[C@@H]1O[C@@H]1CCCCC(C)C. The molecule has 2 atom stereocenters. The molecule has 1 rings (SSSR count). The highest BCUT2D eigenvalue weighted by molar-refractivity contribution is 4.84. The van der Waals surface area contributed by atoms with Crippen LogP contribution in [-0.4, -0.2) is 12.2 Å². The Kier molecular flexibility index (Phi) is 9.59. The summed E-state index contributed by atoms with van der Waals surface area (Å²) in [6.07, 6.45) is 18.0.